The number of quaternary nitrogens is 1. The maximum atomic E-state index is 12.8. The summed E-state index contributed by atoms with van der Waals surface area (Å²) in [5.74, 6) is -1.80. The van der Waals surface area contributed by atoms with Gasteiger partial charge in [0.2, 0.25) is 0 Å². The van der Waals surface area contributed by atoms with E-state index in [0.717, 1.165) is 44.9 Å². The van der Waals surface area contributed by atoms with Crippen LogP contribution in [0.25, 0.3) is 0 Å². The monoisotopic (exact) mass is 886 g/mol. The predicted octanol–water partition coefficient (Wildman–Crippen LogP) is 13.8. The van der Waals surface area contributed by atoms with Crippen molar-refractivity contribution < 1.29 is 38.2 Å². The van der Waals surface area contributed by atoms with Gasteiger partial charge < -0.3 is 28.6 Å². The molecule has 0 bridgehead atoms. The molecule has 0 rings (SSSR count). The third-order valence-corrected chi connectivity index (χ3v) is 11.7. The van der Waals surface area contributed by atoms with E-state index in [4.69, 9.17) is 14.2 Å². The van der Waals surface area contributed by atoms with Crippen LogP contribution in [0.2, 0.25) is 0 Å². The maximum Gasteiger partial charge on any atom is 0.306 e. The first kappa shape index (κ1) is 60.3. The smallest absolute Gasteiger partial charge is 0.306 e. The van der Waals surface area contributed by atoms with Crippen LogP contribution in [0.4, 0.5) is 0 Å². The highest BCUT2D eigenvalue weighted by molar-refractivity contribution is 5.70. The molecular formula is C55H99NO7. The van der Waals surface area contributed by atoms with Crippen LogP contribution in [0.1, 0.15) is 232 Å². The minimum absolute atomic E-state index is 0.0253. The minimum Gasteiger partial charge on any atom is -0.544 e. The predicted molar refractivity (Wildman–Crippen MR) is 263 cm³/mol. The third kappa shape index (κ3) is 44.3. The van der Waals surface area contributed by atoms with E-state index in [2.05, 4.69) is 62.5 Å². The largest absolute Gasteiger partial charge is 0.544 e. The highest BCUT2D eigenvalue weighted by Gasteiger charge is 2.25. The number of nitrogens with zero attached hydrogens (tertiary/aromatic N) is 1. The van der Waals surface area contributed by atoms with Crippen molar-refractivity contribution >= 4 is 17.9 Å². The van der Waals surface area contributed by atoms with Crippen LogP contribution in [0.5, 0.6) is 0 Å². The van der Waals surface area contributed by atoms with Gasteiger partial charge in [0.25, 0.3) is 0 Å². The van der Waals surface area contributed by atoms with Gasteiger partial charge in [-0.2, -0.15) is 0 Å². The normalized spacial score (nSPS) is 13.2. The Labute approximate surface area is 388 Å². The number of carboxylic acids is 1. The molecule has 0 spiro atoms. The lowest BCUT2D eigenvalue weighted by molar-refractivity contribution is -0.889. The summed E-state index contributed by atoms with van der Waals surface area (Å²) in [5.41, 5.74) is 0. The van der Waals surface area contributed by atoms with E-state index in [1.165, 1.54) is 148 Å². The number of rotatable bonds is 47. The van der Waals surface area contributed by atoms with Crippen LogP contribution >= 0.6 is 0 Å². The first-order chi connectivity index (χ1) is 30.6. The number of unbranched alkanes of at least 4 members (excludes halogenated alkanes) is 25. The second-order valence-electron chi connectivity index (χ2n) is 18.8. The molecule has 0 aromatic heterocycles. The lowest BCUT2D eigenvalue weighted by Gasteiger charge is -2.34. The zero-order valence-corrected chi connectivity index (χ0v) is 41.7. The molecule has 0 saturated heterocycles. The fraction of sp³-hybridized carbons (Fsp3) is 0.800. The molecule has 0 saturated carbocycles. The van der Waals surface area contributed by atoms with Crippen molar-refractivity contribution in [2.45, 2.75) is 244 Å². The standard InChI is InChI=1S/C55H99NO7/c1-6-8-10-12-14-16-18-20-22-24-25-26-27-28-30-32-34-36-38-40-42-44-46-54(58)63-51(49-61-48-47-52(55(59)60)56(3,4)5)50-62-53(57)45-43-41-39-37-35-33-31-29-23-21-19-17-15-13-11-9-7-2/h15,17,21,23,31,33,37,39,51-52H,6-14,16,18-20,22,24-30,32,34-36,38,40-50H2,1-5H3/b17-15+,23-21+,33-31+,39-37+. The molecule has 0 N–H and O–H groups in total. The molecule has 0 amide bonds. The quantitative estimate of drug-likeness (QED) is 0.0259. The SMILES string of the molecule is CCCCC/C=C/C/C=C/C/C=C/C/C=C/CCCC(=O)OCC(COCCC(C(=O)[O-])[N+](C)(C)C)OC(=O)CCCCCCCCCCCCCCCCCCCCCCCC. The van der Waals surface area contributed by atoms with Crippen LogP contribution in [0.15, 0.2) is 48.6 Å². The molecule has 2 atom stereocenters. The Morgan fingerprint density at radius 3 is 1.29 bits per heavy atom. The maximum absolute atomic E-state index is 12.8. The van der Waals surface area contributed by atoms with Gasteiger partial charge in [-0.25, -0.2) is 0 Å². The molecule has 8 heteroatoms. The third-order valence-electron chi connectivity index (χ3n) is 11.7. The van der Waals surface area contributed by atoms with E-state index in [-0.39, 0.29) is 49.1 Å². The van der Waals surface area contributed by atoms with Crippen molar-refractivity contribution in [3.8, 4) is 0 Å². The summed E-state index contributed by atoms with van der Waals surface area (Å²) in [6, 6.07) is -0.734. The number of carboxylic acid groups (broad SMARTS) is 1. The Balaban J connectivity index is 4.27. The Morgan fingerprint density at radius 1 is 0.476 bits per heavy atom. The highest BCUT2D eigenvalue weighted by Crippen LogP contribution is 2.16. The fourth-order valence-electron chi connectivity index (χ4n) is 7.65. The summed E-state index contributed by atoms with van der Waals surface area (Å²) in [7, 11) is 5.40. The van der Waals surface area contributed by atoms with Crippen molar-refractivity contribution in [1.82, 2.24) is 0 Å². The van der Waals surface area contributed by atoms with Crippen molar-refractivity contribution in [3.05, 3.63) is 48.6 Å². The number of hydrogen-bond donors (Lipinski definition) is 0. The lowest BCUT2D eigenvalue weighted by Crippen LogP contribution is -2.55. The number of carbonyl (C=O) groups excluding carboxylic acids is 3. The summed E-state index contributed by atoms with van der Waals surface area (Å²) in [5, 5.41) is 11.7. The van der Waals surface area contributed by atoms with Gasteiger partial charge in [0.15, 0.2) is 6.10 Å². The van der Waals surface area contributed by atoms with Crippen LogP contribution in [-0.2, 0) is 28.6 Å². The van der Waals surface area contributed by atoms with Gasteiger partial charge >= 0.3 is 11.9 Å². The summed E-state index contributed by atoms with van der Waals surface area (Å²) in [6.07, 6.45) is 55.8. The highest BCUT2D eigenvalue weighted by atomic mass is 16.6. The van der Waals surface area contributed by atoms with E-state index in [0.29, 0.717) is 12.8 Å². The zero-order valence-electron chi connectivity index (χ0n) is 41.7. The minimum atomic E-state index is -1.13. The summed E-state index contributed by atoms with van der Waals surface area (Å²) in [4.78, 5) is 37.0. The van der Waals surface area contributed by atoms with Gasteiger partial charge in [0.05, 0.1) is 40.3 Å². The molecule has 8 nitrogen and oxygen atoms in total. The molecule has 0 fully saturated rings. The first-order valence-electron chi connectivity index (χ1n) is 26.2. The first-order valence-corrected chi connectivity index (χ1v) is 26.2. The second-order valence-corrected chi connectivity index (χ2v) is 18.8. The zero-order chi connectivity index (χ0) is 46.3. The fourth-order valence-corrected chi connectivity index (χ4v) is 7.65. The summed E-state index contributed by atoms with van der Waals surface area (Å²) in [6.45, 7) is 4.61. The molecule has 2 unspecified atom stereocenters. The number of esters is 2. The van der Waals surface area contributed by atoms with E-state index < -0.39 is 18.1 Å². The molecule has 0 aromatic rings. The van der Waals surface area contributed by atoms with Crippen molar-refractivity contribution in [1.29, 1.82) is 0 Å². The van der Waals surface area contributed by atoms with Gasteiger partial charge in [0.1, 0.15) is 12.6 Å². The Morgan fingerprint density at radius 2 is 0.857 bits per heavy atom. The molecule has 0 aliphatic heterocycles. The number of carbonyl (C=O) groups is 3. The average Bonchev–Trinajstić information content (AvgIpc) is 3.24. The van der Waals surface area contributed by atoms with Crippen LogP contribution in [0, 0.1) is 0 Å². The summed E-state index contributed by atoms with van der Waals surface area (Å²) >= 11 is 0. The van der Waals surface area contributed by atoms with Gasteiger partial charge in [-0.15, -0.1) is 0 Å². The number of aliphatic carboxylic acids is 1. The van der Waals surface area contributed by atoms with E-state index in [1.807, 2.05) is 0 Å². The molecule has 0 aliphatic rings. The Bertz CT molecular complexity index is 1170. The Kier molecular flexibility index (Phi) is 43.9. The van der Waals surface area contributed by atoms with E-state index in [9.17, 15) is 19.5 Å². The van der Waals surface area contributed by atoms with Crippen molar-refractivity contribution in [2.24, 2.45) is 0 Å². The molecule has 0 radical (unpaired) electrons. The molecular weight excluding hydrogens is 787 g/mol. The number of allylic oxidation sites excluding steroid dienone is 8. The average molecular weight is 886 g/mol. The molecule has 63 heavy (non-hydrogen) atoms. The van der Waals surface area contributed by atoms with Gasteiger partial charge in [0, 0.05) is 19.3 Å². The molecule has 0 aliphatic carbocycles. The van der Waals surface area contributed by atoms with E-state index >= 15 is 0 Å². The number of hydrogen-bond acceptors (Lipinski definition) is 7. The second kappa shape index (κ2) is 45.8. The molecule has 0 aromatic carbocycles. The van der Waals surface area contributed by atoms with Crippen LogP contribution in [0.3, 0.4) is 0 Å². The van der Waals surface area contributed by atoms with Gasteiger partial charge in [-0.3, -0.25) is 9.59 Å². The van der Waals surface area contributed by atoms with Crippen molar-refractivity contribution in [2.75, 3.05) is 41.0 Å². The van der Waals surface area contributed by atoms with Crippen molar-refractivity contribution in [3.63, 3.8) is 0 Å². The van der Waals surface area contributed by atoms with Crippen LogP contribution < -0.4 is 5.11 Å². The number of ether oxygens (including phenoxy) is 3. The van der Waals surface area contributed by atoms with Gasteiger partial charge in [-0.05, 0) is 51.4 Å². The Hall–Kier alpha value is -2.71. The molecule has 366 valence electrons. The number of likely N-dealkylation sites (N-methyl/N-ethyl adjacent to an activating group) is 1. The molecule has 0 heterocycles. The lowest BCUT2D eigenvalue weighted by atomic mass is 10.0. The van der Waals surface area contributed by atoms with Crippen LogP contribution in [-0.4, -0.2) is 75.5 Å². The summed E-state index contributed by atoms with van der Waals surface area (Å²) < 4.78 is 17.2. The van der Waals surface area contributed by atoms with E-state index in [1.54, 1.807) is 21.1 Å². The topological polar surface area (TPSA) is 102 Å². The van der Waals surface area contributed by atoms with Gasteiger partial charge in [-0.1, -0.05) is 210 Å².